The summed E-state index contributed by atoms with van der Waals surface area (Å²) in [6.45, 7) is 5.52. The van der Waals surface area contributed by atoms with E-state index in [0.29, 0.717) is 5.69 Å². The van der Waals surface area contributed by atoms with Crippen LogP contribution in [0.2, 0.25) is 0 Å². The number of aryl methyl sites for hydroxylation is 1. The Morgan fingerprint density at radius 1 is 1.43 bits per heavy atom. The van der Waals surface area contributed by atoms with E-state index in [2.05, 4.69) is 0 Å². The van der Waals surface area contributed by atoms with E-state index in [-0.39, 0.29) is 36.3 Å². The lowest BCUT2D eigenvalue weighted by atomic mass is 10.0. The molecule has 1 aliphatic rings. The van der Waals surface area contributed by atoms with Crippen molar-refractivity contribution in [2.24, 2.45) is 5.92 Å². The normalized spacial score (nSPS) is 17.6. The Balaban J connectivity index is 2.46. The van der Waals surface area contributed by atoms with Crippen LogP contribution in [0.25, 0.3) is 0 Å². The number of phenolic OH excluding ortho intramolecular Hbond substituents is 1. The average Bonchev–Trinajstić information content (AvgIpc) is 2.36. The second kappa shape index (κ2) is 5.63. The molecule has 0 saturated carbocycles. The zero-order valence-corrected chi connectivity index (χ0v) is 12.3. The maximum atomic E-state index is 12.5. The minimum absolute atomic E-state index is 0.0384. The van der Waals surface area contributed by atoms with Gasteiger partial charge < -0.3 is 19.8 Å². The lowest BCUT2D eigenvalue weighted by molar-refractivity contribution is -0.136. The Bertz CT molecular complexity index is 582. The van der Waals surface area contributed by atoms with E-state index in [1.807, 2.05) is 13.8 Å². The molecule has 1 amide bonds. The van der Waals surface area contributed by atoms with Gasteiger partial charge in [-0.05, 0) is 30.5 Å². The van der Waals surface area contributed by atoms with Gasteiger partial charge in [-0.15, -0.1) is 0 Å². The molecule has 0 radical (unpaired) electrons. The molecule has 1 aliphatic heterocycles. The number of benzene rings is 1. The summed E-state index contributed by atoms with van der Waals surface area (Å²) < 4.78 is 5.64. The number of ether oxygens (including phenoxy) is 1. The van der Waals surface area contributed by atoms with E-state index in [4.69, 9.17) is 9.84 Å². The molecule has 1 aromatic carbocycles. The topological polar surface area (TPSA) is 87.1 Å². The van der Waals surface area contributed by atoms with E-state index in [1.54, 1.807) is 19.1 Å². The monoisotopic (exact) mass is 293 g/mol. The molecule has 0 aliphatic carbocycles. The number of hydrogen-bond donors (Lipinski definition) is 2. The Labute approximate surface area is 122 Å². The number of nitrogens with zero attached hydrogens (tertiary/aromatic N) is 1. The molecule has 6 nitrogen and oxygen atoms in total. The first kappa shape index (κ1) is 15.2. The Kier molecular flexibility index (Phi) is 4.06. The number of aliphatic carboxylic acids is 1. The van der Waals surface area contributed by atoms with Crippen LogP contribution in [0, 0.1) is 12.8 Å². The van der Waals surface area contributed by atoms with Crippen LogP contribution in [-0.4, -0.2) is 34.7 Å². The summed E-state index contributed by atoms with van der Waals surface area (Å²) in [5, 5.41) is 18.9. The highest BCUT2D eigenvalue weighted by Crippen LogP contribution is 2.43. The summed E-state index contributed by atoms with van der Waals surface area (Å²) in [5.74, 6) is -1.14. The smallest absolute Gasteiger partial charge is 0.305 e. The van der Waals surface area contributed by atoms with Gasteiger partial charge in [-0.1, -0.05) is 13.8 Å². The van der Waals surface area contributed by atoms with Gasteiger partial charge in [-0.3, -0.25) is 9.59 Å². The fourth-order valence-corrected chi connectivity index (χ4v) is 2.37. The zero-order chi connectivity index (χ0) is 15.7. The van der Waals surface area contributed by atoms with Crippen molar-refractivity contribution in [1.29, 1.82) is 0 Å². The SMILES string of the molecule is Cc1cc(O)c2c(c1)N(CCC(=O)O)C(=O)[C@@H](C(C)C)O2. The summed E-state index contributed by atoms with van der Waals surface area (Å²) in [5.41, 5.74) is 1.20. The van der Waals surface area contributed by atoms with Gasteiger partial charge in [0, 0.05) is 6.54 Å². The average molecular weight is 293 g/mol. The van der Waals surface area contributed by atoms with E-state index in [1.165, 1.54) is 4.90 Å². The highest BCUT2D eigenvalue weighted by molar-refractivity contribution is 6.01. The molecule has 6 heteroatoms. The largest absolute Gasteiger partial charge is 0.504 e. The van der Waals surface area contributed by atoms with Crippen molar-refractivity contribution in [3.63, 3.8) is 0 Å². The van der Waals surface area contributed by atoms with E-state index in [9.17, 15) is 14.7 Å². The summed E-state index contributed by atoms with van der Waals surface area (Å²) in [6.07, 6.45) is -0.884. The van der Waals surface area contributed by atoms with Gasteiger partial charge in [0.1, 0.15) is 0 Å². The van der Waals surface area contributed by atoms with Crippen molar-refractivity contribution in [3.05, 3.63) is 17.7 Å². The summed E-state index contributed by atoms with van der Waals surface area (Å²) >= 11 is 0. The number of anilines is 1. The van der Waals surface area contributed by atoms with Crippen molar-refractivity contribution in [1.82, 2.24) is 0 Å². The molecule has 0 saturated heterocycles. The summed E-state index contributed by atoms with van der Waals surface area (Å²) in [7, 11) is 0. The molecule has 1 aromatic rings. The maximum Gasteiger partial charge on any atom is 0.305 e. The second-order valence-electron chi connectivity index (χ2n) is 5.55. The van der Waals surface area contributed by atoms with Crippen LogP contribution in [-0.2, 0) is 9.59 Å². The Morgan fingerprint density at radius 2 is 2.10 bits per heavy atom. The number of fused-ring (bicyclic) bond motifs is 1. The van der Waals surface area contributed by atoms with Crippen molar-refractivity contribution in [3.8, 4) is 11.5 Å². The number of phenols is 1. The van der Waals surface area contributed by atoms with Gasteiger partial charge in [-0.25, -0.2) is 0 Å². The van der Waals surface area contributed by atoms with Crippen LogP contribution < -0.4 is 9.64 Å². The molecule has 2 rings (SSSR count). The number of rotatable bonds is 4. The molecule has 1 heterocycles. The quantitative estimate of drug-likeness (QED) is 0.885. The second-order valence-corrected chi connectivity index (χ2v) is 5.55. The number of aromatic hydroxyl groups is 1. The molecule has 114 valence electrons. The molecular formula is C15H19NO5. The van der Waals surface area contributed by atoms with Crippen molar-refractivity contribution >= 4 is 17.6 Å². The third kappa shape index (κ3) is 2.94. The first-order valence-electron chi connectivity index (χ1n) is 6.84. The Hall–Kier alpha value is -2.24. The van der Waals surface area contributed by atoms with Gasteiger partial charge >= 0.3 is 5.97 Å². The van der Waals surface area contributed by atoms with Crippen LogP contribution in [0.3, 0.4) is 0 Å². The molecule has 0 fully saturated rings. The standard InChI is InChI=1S/C15H19NO5/c1-8(2)13-15(20)16(5-4-12(18)19)10-6-9(3)7-11(17)14(10)21-13/h6-8,13,17H,4-5H2,1-3H3,(H,18,19)/t13-/m1/s1. The van der Waals surface area contributed by atoms with Crippen LogP contribution in [0.1, 0.15) is 25.8 Å². The molecule has 0 aromatic heterocycles. The van der Waals surface area contributed by atoms with Gasteiger partial charge in [0.2, 0.25) is 0 Å². The minimum Gasteiger partial charge on any atom is -0.504 e. The van der Waals surface area contributed by atoms with Gasteiger partial charge in [-0.2, -0.15) is 0 Å². The molecule has 0 spiro atoms. The zero-order valence-electron chi connectivity index (χ0n) is 12.3. The minimum atomic E-state index is -0.978. The number of carbonyl (C=O) groups excluding carboxylic acids is 1. The predicted octanol–water partition coefficient (Wildman–Crippen LogP) is 1.93. The molecule has 2 N–H and O–H groups in total. The number of amides is 1. The van der Waals surface area contributed by atoms with Gasteiger partial charge in [0.25, 0.3) is 5.91 Å². The highest BCUT2D eigenvalue weighted by atomic mass is 16.5. The number of carbonyl (C=O) groups is 2. The van der Waals surface area contributed by atoms with Crippen LogP contribution in [0.5, 0.6) is 11.5 Å². The lowest BCUT2D eigenvalue weighted by Crippen LogP contribution is -2.49. The van der Waals surface area contributed by atoms with E-state index < -0.39 is 12.1 Å². The summed E-state index contributed by atoms with van der Waals surface area (Å²) in [4.78, 5) is 24.7. The van der Waals surface area contributed by atoms with Crippen LogP contribution in [0.15, 0.2) is 12.1 Å². The van der Waals surface area contributed by atoms with Crippen molar-refractivity contribution in [2.45, 2.75) is 33.3 Å². The maximum absolute atomic E-state index is 12.5. The third-order valence-corrected chi connectivity index (χ3v) is 3.39. The Morgan fingerprint density at radius 3 is 2.67 bits per heavy atom. The highest BCUT2D eigenvalue weighted by Gasteiger charge is 2.37. The summed E-state index contributed by atoms with van der Waals surface area (Å²) in [6, 6.07) is 3.27. The van der Waals surface area contributed by atoms with E-state index in [0.717, 1.165) is 5.56 Å². The third-order valence-electron chi connectivity index (χ3n) is 3.39. The van der Waals surface area contributed by atoms with Crippen LogP contribution in [0.4, 0.5) is 5.69 Å². The fourth-order valence-electron chi connectivity index (χ4n) is 2.37. The van der Waals surface area contributed by atoms with Gasteiger partial charge in [0.05, 0.1) is 12.1 Å². The fraction of sp³-hybridized carbons (Fsp3) is 0.467. The molecule has 0 bridgehead atoms. The molecule has 0 unspecified atom stereocenters. The van der Waals surface area contributed by atoms with Crippen LogP contribution >= 0.6 is 0 Å². The van der Waals surface area contributed by atoms with Crippen molar-refractivity contribution in [2.75, 3.05) is 11.4 Å². The number of hydrogen-bond acceptors (Lipinski definition) is 4. The predicted molar refractivity (Wildman–Crippen MR) is 76.7 cm³/mol. The first-order chi connectivity index (χ1) is 9.81. The number of carboxylic acid groups (broad SMARTS) is 1. The van der Waals surface area contributed by atoms with Crippen molar-refractivity contribution < 1.29 is 24.5 Å². The van der Waals surface area contributed by atoms with Gasteiger partial charge in [0.15, 0.2) is 17.6 Å². The molecular weight excluding hydrogens is 274 g/mol. The number of carboxylic acids is 1. The lowest BCUT2D eigenvalue weighted by Gasteiger charge is -2.36. The first-order valence-corrected chi connectivity index (χ1v) is 6.84. The van der Waals surface area contributed by atoms with E-state index >= 15 is 0 Å². The molecule has 1 atom stereocenters. The molecule has 21 heavy (non-hydrogen) atoms.